The van der Waals surface area contributed by atoms with Crippen LogP contribution < -0.4 is 9.47 Å². The minimum Gasteiger partial charge on any atom is -0.504 e. The molecule has 1 aromatic heterocycles. The first-order valence-electron chi connectivity index (χ1n) is 8.77. The number of aromatic amines is 1. The van der Waals surface area contributed by atoms with Gasteiger partial charge in [-0.3, -0.25) is 4.99 Å². The van der Waals surface area contributed by atoms with Gasteiger partial charge in [-0.25, -0.2) is 0 Å². The number of hydrogen-bond acceptors (Lipinski definition) is 4. The maximum absolute atomic E-state index is 9.74. The monoisotopic (exact) mass is 350 g/mol. The Morgan fingerprint density at radius 2 is 1.96 bits per heavy atom. The number of methoxy groups -OCH3 is 2. The number of aryl methyl sites for hydroxylation is 1. The molecule has 5 heteroatoms. The molecule has 0 spiro atoms. The van der Waals surface area contributed by atoms with E-state index in [1.807, 2.05) is 24.3 Å². The van der Waals surface area contributed by atoms with Gasteiger partial charge in [-0.15, -0.1) is 0 Å². The normalized spacial score (nSPS) is 13.4. The summed E-state index contributed by atoms with van der Waals surface area (Å²) in [7, 11) is 3.25. The average Bonchev–Trinajstić information content (AvgIpc) is 3.05. The van der Waals surface area contributed by atoms with E-state index in [0.29, 0.717) is 5.75 Å². The molecule has 1 aliphatic heterocycles. The summed E-state index contributed by atoms with van der Waals surface area (Å²) in [6.45, 7) is 0.820. The zero-order valence-electron chi connectivity index (χ0n) is 15.0. The molecule has 2 heterocycles. The van der Waals surface area contributed by atoms with Crippen LogP contribution in [0.2, 0.25) is 0 Å². The van der Waals surface area contributed by atoms with Crippen molar-refractivity contribution in [1.29, 1.82) is 0 Å². The number of phenolic OH excluding ortho intramolecular Hbond substituents is 1. The van der Waals surface area contributed by atoms with Crippen molar-refractivity contribution < 1.29 is 14.6 Å². The Labute approximate surface area is 152 Å². The molecule has 0 amide bonds. The molecular weight excluding hydrogens is 328 g/mol. The van der Waals surface area contributed by atoms with E-state index in [1.165, 1.54) is 10.9 Å². The number of benzene rings is 2. The predicted molar refractivity (Wildman–Crippen MR) is 103 cm³/mol. The number of nitrogens with one attached hydrogen (secondary N) is 1. The summed E-state index contributed by atoms with van der Waals surface area (Å²) >= 11 is 0. The molecule has 26 heavy (non-hydrogen) atoms. The summed E-state index contributed by atoms with van der Waals surface area (Å²) in [4.78, 5) is 8.29. The number of rotatable bonds is 5. The van der Waals surface area contributed by atoms with E-state index in [9.17, 15) is 5.11 Å². The van der Waals surface area contributed by atoms with E-state index in [-0.39, 0.29) is 5.75 Å². The summed E-state index contributed by atoms with van der Waals surface area (Å²) < 4.78 is 10.5. The third-order valence-corrected chi connectivity index (χ3v) is 4.96. The topological polar surface area (TPSA) is 66.8 Å². The van der Waals surface area contributed by atoms with Crippen molar-refractivity contribution >= 4 is 16.6 Å². The van der Waals surface area contributed by atoms with Crippen LogP contribution in [0.4, 0.5) is 0 Å². The fraction of sp³-hybridized carbons (Fsp3) is 0.286. The van der Waals surface area contributed by atoms with Crippen LogP contribution in [0.1, 0.15) is 23.2 Å². The van der Waals surface area contributed by atoms with Gasteiger partial charge >= 0.3 is 0 Å². The Kier molecular flexibility index (Phi) is 4.29. The van der Waals surface area contributed by atoms with Crippen LogP contribution >= 0.6 is 0 Å². The molecule has 0 saturated carbocycles. The van der Waals surface area contributed by atoms with Crippen LogP contribution in [0.3, 0.4) is 0 Å². The van der Waals surface area contributed by atoms with Gasteiger partial charge in [-0.05, 0) is 54.7 Å². The first-order chi connectivity index (χ1) is 12.7. The van der Waals surface area contributed by atoms with Crippen LogP contribution in [0.25, 0.3) is 10.9 Å². The highest BCUT2D eigenvalue weighted by atomic mass is 16.5. The summed E-state index contributed by atoms with van der Waals surface area (Å²) in [5.74, 6) is 1.52. The van der Waals surface area contributed by atoms with Gasteiger partial charge in [-0.2, -0.15) is 0 Å². The van der Waals surface area contributed by atoms with Crippen LogP contribution in [0, 0.1) is 0 Å². The van der Waals surface area contributed by atoms with Crippen molar-refractivity contribution in [2.24, 2.45) is 4.99 Å². The van der Waals surface area contributed by atoms with E-state index in [2.05, 4.69) is 11.1 Å². The summed E-state index contributed by atoms with van der Waals surface area (Å²) in [6.07, 6.45) is 2.64. The number of phenols is 1. The lowest BCUT2D eigenvalue weighted by atomic mass is 9.98. The molecular formula is C21H22N2O3. The zero-order chi connectivity index (χ0) is 18.1. The molecule has 1 aliphatic rings. The number of nitrogens with zero attached hydrogens (tertiary/aromatic N) is 1. The van der Waals surface area contributed by atoms with Crippen molar-refractivity contribution in [2.45, 2.75) is 19.3 Å². The summed E-state index contributed by atoms with van der Waals surface area (Å²) in [5, 5.41) is 11.0. The largest absolute Gasteiger partial charge is 0.504 e. The molecule has 0 bridgehead atoms. The predicted octanol–water partition coefficient (Wildman–Crippen LogP) is 3.87. The number of ether oxygens (including phenoxy) is 2. The number of aromatic nitrogens is 1. The highest BCUT2D eigenvalue weighted by Gasteiger charge is 2.19. The second kappa shape index (κ2) is 6.75. The Morgan fingerprint density at radius 1 is 1.08 bits per heavy atom. The molecule has 0 aliphatic carbocycles. The Balaban J connectivity index is 1.60. The zero-order valence-corrected chi connectivity index (χ0v) is 15.0. The number of aliphatic imine (C=N–C) groups is 1. The van der Waals surface area contributed by atoms with Crippen LogP contribution in [0.5, 0.6) is 17.2 Å². The molecule has 4 rings (SSSR count). The lowest BCUT2D eigenvalue weighted by Crippen LogP contribution is -2.13. The van der Waals surface area contributed by atoms with Crippen molar-refractivity contribution in [3.8, 4) is 17.2 Å². The third-order valence-electron chi connectivity index (χ3n) is 4.96. The van der Waals surface area contributed by atoms with Gasteiger partial charge in [0.1, 0.15) is 5.75 Å². The summed E-state index contributed by atoms with van der Waals surface area (Å²) in [6, 6.07) is 11.7. The third kappa shape index (κ3) is 2.90. The molecule has 0 fully saturated rings. The van der Waals surface area contributed by atoms with Crippen LogP contribution in [-0.4, -0.2) is 36.6 Å². The minimum absolute atomic E-state index is 0.165. The maximum atomic E-state index is 9.74. The quantitative estimate of drug-likeness (QED) is 0.734. The number of fused-ring (bicyclic) bond motifs is 3. The molecule has 2 N–H and O–H groups in total. The molecule has 0 saturated heterocycles. The van der Waals surface area contributed by atoms with Gasteiger partial charge < -0.3 is 19.6 Å². The molecule has 0 atom stereocenters. The van der Waals surface area contributed by atoms with E-state index in [1.54, 1.807) is 20.3 Å². The molecule has 0 unspecified atom stereocenters. The Bertz CT molecular complexity index is 988. The highest BCUT2D eigenvalue weighted by Crippen LogP contribution is 2.31. The Morgan fingerprint density at radius 3 is 2.77 bits per heavy atom. The highest BCUT2D eigenvalue weighted by molar-refractivity contribution is 6.06. The fourth-order valence-corrected chi connectivity index (χ4v) is 3.59. The van der Waals surface area contributed by atoms with Gasteiger partial charge in [0.15, 0.2) is 11.5 Å². The van der Waals surface area contributed by atoms with E-state index in [0.717, 1.165) is 54.0 Å². The van der Waals surface area contributed by atoms with Gasteiger partial charge in [0.2, 0.25) is 0 Å². The first kappa shape index (κ1) is 16.5. The van der Waals surface area contributed by atoms with Crippen LogP contribution in [-0.2, 0) is 12.8 Å². The van der Waals surface area contributed by atoms with E-state index in [4.69, 9.17) is 14.5 Å². The van der Waals surface area contributed by atoms with E-state index < -0.39 is 0 Å². The molecule has 0 radical (unpaired) electrons. The molecule has 2 aromatic carbocycles. The lowest BCUT2D eigenvalue weighted by molar-refractivity contribution is 0.373. The standard InChI is InChI=1S/C21H22N2O3/c1-25-14-5-6-15-16-9-10-22-17(21(16)23-18(15)12-14)7-3-13-4-8-19(24)20(11-13)26-2/h4-6,8,11-12,23-24H,3,7,9-10H2,1-2H3. The van der Waals surface area contributed by atoms with Gasteiger partial charge in [0, 0.05) is 23.5 Å². The van der Waals surface area contributed by atoms with Gasteiger partial charge in [-0.1, -0.05) is 6.07 Å². The number of H-pyrrole nitrogens is 1. The van der Waals surface area contributed by atoms with Crippen LogP contribution in [0.15, 0.2) is 41.4 Å². The van der Waals surface area contributed by atoms with Crippen molar-refractivity contribution in [2.75, 3.05) is 20.8 Å². The summed E-state index contributed by atoms with van der Waals surface area (Å²) in [5.41, 5.74) is 5.80. The lowest BCUT2D eigenvalue weighted by Gasteiger charge is -2.14. The van der Waals surface area contributed by atoms with Gasteiger partial charge in [0.05, 0.1) is 25.6 Å². The van der Waals surface area contributed by atoms with Gasteiger partial charge in [0.25, 0.3) is 0 Å². The smallest absolute Gasteiger partial charge is 0.160 e. The number of hydrogen-bond donors (Lipinski definition) is 2. The fourth-order valence-electron chi connectivity index (χ4n) is 3.59. The van der Waals surface area contributed by atoms with Crippen molar-refractivity contribution in [3.05, 3.63) is 53.2 Å². The van der Waals surface area contributed by atoms with Crippen molar-refractivity contribution in [3.63, 3.8) is 0 Å². The van der Waals surface area contributed by atoms with E-state index >= 15 is 0 Å². The molecule has 5 nitrogen and oxygen atoms in total. The second-order valence-corrected chi connectivity index (χ2v) is 6.47. The molecule has 3 aromatic rings. The first-order valence-corrected chi connectivity index (χ1v) is 8.77. The minimum atomic E-state index is 0.165. The Hall–Kier alpha value is -2.95. The second-order valence-electron chi connectivity index (χ2n) is 6.47. The SMILES string of the molecule is COc1ccc2c3c([nH]c2c1)C(CCc1ccc(O)c(OC)c1)=NCC3. The van der Waals surface area contributed by atoms with Crippen molar-refractivity contribution in [1.82, 2.24) is 4.98 Å². The maximum Gasteiger partial charge on any atom is 0.160 e. The average molecular weight is 350 g/mol. The molecule has 134 valence electrons. The number of aromatic hydroxyl groups is 1.